The van der Waals surface area contributed by atoms with Crippen molar-refractivity contribution in [2.24, 2.45) is 0 Å². The monoisotopic (exact) mass is 470 g/mol. The number of benzene rings is 2. The number of non-ortho nitro benzene ring substituents is 1. The highest BCUT2D eigenvalue weighted by molar-refractivity contribution is 9.10. The van der Waals surface area contributed by atoms with Gasteiger partial charge in [-0.3, -0.25) is 20.2 Å². The molecule has 11 heteroatoms. The van der Waals surface area contributed by atoms with Crippen LogP contribution in [-0.2, 0) is 0 Å². The standard InChI is InChI=1S/C15H8BrClN4O3S2/c16-10-3-2-8(21(23)24)6-9(10)13(22)19-14(25)20-15-18-11-4-1-7(17)5-12(11)26-15/h1-6H,(H2,18,19,20,22,25). The number of aromatic nitrogens is 1. The quantitative estimate of drug-likeness (QED) is 0.325. The molecule has 0 radical (unpaired) electrons. The van der Waals surface area contributed by atoms with E-state index in [2.05, 4.69) is 31.5 Å². The second-order valence-electron chi connectivity index (χ2n) is 4.96. The summed E-state index contributed by atoms with van der Waals surface area (Å²) in [6.07, 6.45) is 0. The number of anilines is 1. The van der Waals surface area contributed by atoms with Gasteiger partial charge in [0.25, 0.3) is 11.6 Å². The van der Waals surface area contributed by atoms with Gasteiger partial charge in [0.05, 0.1) is 20.7 Å². The lowest BCUT2D eigenvalue weighted by Crippen LogP contribution is -2.34. The highest BCUT2D eigenvalue weighted by Crippen LogP contribution is 2.28. The summed E-state index contributed by atoms with van der Waals surface area (Å²) in [5.74, 6) is -0.581. The molecule has 2 N–H and O–H groups in total. The Hall–Kier alpha value is -2.14. The number of thiocarbonyl (C=S) groups is 1. The number of fused-ring (bicyclic) bond motifs is 1. The number of hydrogen-bond donors (Lipinski definition) is 2. The van der Waals surface area contributed by atoms with E-state index in [4.69, 9.17) is 23.8 Å². The van der Waals surface area contributed by atoms with E-state index in [1.807, 2.05) is 0 Å². The Balaban J connectivity index is 1.73. The van der Waals surface area contributed by atoms with E-state index in [1.165, 1.54) is 29.5 Å². The zero-order chi connectivity index (χ0) is 18.8. The van der Waals surface area contributed by atoms with Crippen LogP contribution in [0.2, 0.25) is 5.02 Å². The Morgan fingerprint density at radius 3 is 2.81 bits per heavy atom. The van der Waals surface area contributed by atoms with E-state index in [-0.39, 0.29) is 16.4 Å². The van der Waals surface area contributed by atoms with E-state index in [1.54, 1.807) is 18.2 Å². The zero-order valence-corrected chi connectivity index (χ0v) is 16.6. The molecule has 1 aromatic heterocycles. The predicted octanol–water partition coefficient (Wildman–Crippen LogP) is 4.75. The third kappa shape index (κ3) is 4.15. The number of nitro benzene ring substituents is 1. The maximum Gasteiger partial charge on any atom is 0.270 e. The molecule has 1 amide bonds. The SMILES string of the molecule is O=C(NC(=S)Nc1nc2ccc(Cl)cc2s1)c1cc([N+](=O)[O-])ccc1Br. The summed E-state index contributed by atoms with van der Waals surface area (Å²) in [6.45, 7) is 0. The summed E-state index contributed by atoms with van der Waals surface area (Å²) in [5, 5.41) is 17.3. The van der Waals surface area contributed by atoms with E-state index in [9.17, 15) is 14.9 Å². The lowest BCUT2D eigenvalue weighted by molar-refractivity contribution is -0.384. The molecule has 0 fully saturated rings. The molecule has 3 aromatic rings. The van der Waals surface area contributed by atoms with Crippen molar-refractivity contribution in [3.05, 3.63) is 61.6 Å². The first-order valence-corrected chi connectivity index (χ1v) is 9.35. The summed E-state index contributed by atoms with van der Waals surface area (Å²) in [6, 6.07) is 9.18. The Kier molecular flexibility index (Phi) is 5.47. The normalized spacial score (nSPS) is 10.5. The molecule has 0 bridgehead atoms. The molecule has 0 saturated heterocycles. The molecule has 0 atom stereocenters. The predicted molar refractivity (Wildman–Crippen MR) is 109 cm³/mol. The van der Waals surface area contributed by atoms with Gasteiger partial charge in [-0.05, 0) is 52.4 Å². The number of carbonyl (C=O) groups excluding carboxylic acids is 1. The van der Waals surface area contributed by atoms with Crippen molar-refractivity contribution in [1.82, 2.24) is 10.3 Å². The van der Waals surface area contributed by atoms with Crippen LogP contribution in [0.5, 0.6) is 0 Å². The summed E-state index contributed by atoms with van der Waals surface area (Å²) >= 11 is 15.6. The average Bonchev–Trinajstić information content (AvgIpc) is 2.95. The van der Waals surface area contributed by atoms with Crippen LogP contribution in [0.1, 0.15) is 10.4 Å². The molecule has 0 aliphatic heterocycles. The van der Waals surface area contributed by atoms with Gasteiger partial charge in [-0.25, -0.2) is 4.98 Å². The van der Waals surface area contributed by atoms with Crippen LogP contribution < -0.4 is 10.6 Å². The lowest BCUT2D eigenvalue weighted by Gasteiger charge is -2.08. The average molecular weight is 472 g/mol. The van der Waals surface area contributed by atoms with E-state index < -0.39 is 10.8 Å². The maximum absolute atomic E-state index is 12.3. The molecule has 132 valence electrons. The van der Waals surface area contributed by atoms with Crippen LogP contribution in [-0.4, -0.2) is 20.9 Å². The van der Waals surface area contributed by atoms with Crippen molar-refractivity contribution in [1.29, 1.82) is 0 Å². The van der Waals surface area contributed by atoms with Gasteiger partial charge in [0.1, 0.15) is 0 Å². The number of rotatable bonds is 3. The summed E-state index contributed by atoms with van der Waals surface area (Å²) in [4.78, 5) is 27.0. The number of thiazole rings is 1. The number of hydrogen-bond acceptors (Lipinski definition) is 6. The van der Waals surface area contributed by atoms with E-state index in [0.29, 0.717) is 14.6 Å². The summed E-state index contributed by atoms with van der Waals surface area (Å²) in [7, 11) is 0. The van der Waals surface area contributed by atoms with Gasteiger partial charge in [0.2, 0.25) is 0 Å². The van der Waals surface area contributed by atoms with Crippen molar-refractivity contribution in [3.63, 3.8) is 0 Å². The topological polar surface area (TPSA) is 97.2 Å². The van der Waals surface area contributed by atoms with Crippen LogP contribution in [0, 0.1) is 10.1 Å². The Morgan fingerprint density at radius 2 is 2.08 bits per heavy atom. The number of carbonyl (C=O) groups is 1. The van der Waals surface area contributed by atoms with E-state index >= 15 is 0 Å². The van der Waals surface area contributed by atoms with Gasteiger partial charge in [0, 0.05) is 21.6 Å². The fraction of sp³-hybridized carbons (Fsp3) is 0. The minimum absolute atomic E-state index is 0.0264. The smallest absolute Gasteiger partial charge is 0.270 e. The molecule has 3 rings (SSSR count). The van der Waals surface area contributed by atoms with Crippen LogP contribution in [0.25, 0.3) is 10.2 Å². The van der Waals surface area contributed by atoms with Crippen molar-refractivity contribution in [2.75, 3.05) is 5.32 Å². The van der Waals surface area contributed by atoms with Gasteiger partial charge >= 0.3 is 0 Å². The highest BCUT2D eigenvalue weighted by atomic mass is 79.9. The summed E-state index contributed by atoms with van der Waals surface area (Å²) in [5.41, 5.74) is 0.650. The first-order chi connectivity index (χ1) is 12.3. The minimum atomic E-state index is -0.581. The first kappa shape index (κ1) is 18.6. The number of nitrogens with zero attached hydrogens (tertiary/aromatic N) is 2. The number of halogens is 2. The Bertz CT molecular complexity index is 1060. The van der Waals surface area contributed by atoms with Crippen molar-refractivity contribution < 1.29 is 9.72 Å². The number of nitrogens with one attached hydrogen (secondary N) is 2. The maximum atomic E-state index is 12.3. The lowest BCUT2D eigenvalue weighted by atomic mass is 10.2. The third-order valence-electron chi connectivity index (χ3n) is 3.20. The highest BCUT2D eigenvalue weighted by Gasteiger charge is 2.17. The fourth-order valence-corrected chi connectivity index (χ4v) is 3.88. The number of nitro groups is 1. The molecule has 0 unspecified atom stereocenters. The first-order valence-electron chi connectivity index (χ1n) is 6.96. The fourth-order valence-electron chi connectivity index (χ4n) is 2.05. The van der Waals surface area contributed by atoms with Crippen molar-refractivity contribution in [2.45, 2.75) is 0 Å². The molecule has 1 heterocycles. The minimum Gasteiger partial charge on any atom is -0.308 e. The molecular formula is C15H8BrClN4O3S2. The van der Waals surface area contributed by atoms with Crippen molar-refractivity contribution in [3.8, 4) is 0 Å². The van der Waals surface area contributed by atoms with E-state index in [0.717, 1.165) is 10.2 Å². The third-order valence-corrected chi connectivity index (χ3v) is 5.27. The zero-order valence-electron chi connectivity index (χ0n) is 12.7. The molecular weight excluding hydrogens is 464 g/mol. The Morgan fingerprint density at radius 1 is 1.31 bits per heavy atom. The van der Waals surface area contributed by atoms with Gasteiger partial charge in [-0.2, -0.15) is 0 Å². The van der Waals surface area contributed by atoms with Gasteiger partial charge < -0.3 is 5.32 Å². The second kappa shape index (κ2) is 7.62. The van der Waals surface area contributed by atoms with Gasteiger partial charge in [0.15, 0.2) is 10.2 Å². The molecule has 0 aliphatic carbocycles. The van der Waals surface area contributed by atoms with Crippen molar-refractivity contribution >= 4 is 83.1 Å². The number of amides is 1. The van der Waals surface area contributed by atoms with Crippen LogP contribution >= 0.6 is 51.1 Å². The molecule has 0 aliphatic rings. The summed E-state index contributed by atoms with van der Waals surface area (Å²) < 4.78 is 1.29. The molecule has 0 spiro atoms. The largest absolute Gasteiger partial charge is 0.308 e. The van der Waals surface area contributed by atoms with Crippen LogP contribution in [0.4, 0.5) is 10.8 Å². The Labute approximate surface area is 169 Å². The molecule has 7 nitrogen and oxygen atoms in total. The molecule has 2 aromatic carbocycles. The van der Waals surface area contributed by atoms with Gasteiger partial charge in [-0.15, -0.1) is 0 Å². The molecule has 26 heavy (non-hydrogen) atoms. The van der Waals surface area contributed by atoms with Crippen LogP contribution in [0.15, 0.2) is 40.9 Å². The molecule has 0 saturated carbocycles. The van der Waals surface area contributed by atoms with Crippen LogP contribution in [0.3, 0.4) is 0 Å². The van der Waals surface area contributed by atoms with Gasteiger partial charge in [-0.1, -0.05) is 22.9 Å². The second-order valence-corrected chi connectivity index (χ2v) is 7.69.